The van der Waals surface area contributed by atoms with Gasteiger partial charge in [0.15, 0.2) is 0 Å². The molecule has 0 aromatic heterocycles. The predicted molar refractivity (Wildman–Crippen MR) is 72.0 cm³/mol. The van der Waals surface area contributed by atoms with Gasteiger partial charge in [0.25, 0.3) is 0 Å². The molecule has 0 aromatic carbocycles. The highest BCUT2D eigenvalue weighted by Gasteiger charge is 2.41. The minimum Gasteiger partial charge on any atom is -0.306 e. The summed E-state index contributed by atoms with van der Waals surface area (Å²) in [6, 6.07) is 0. The maximum Gasteiger partial charge on any atom is 0.00251 e. The van der Waals surface area contributed by atoms with Crippen molar-refractivity contribution in [2.45, 2.75) is 32.6 Å². The third-order valence-electron chi connectivity index (χ3n) is 5.27. The Hall–Kier alpha value is -0.0800. The molecule has 1 aliphatic carbocycles. The Balaban J connectivity index is 1.53. The van der Waals surface area contributed by atoms with Gasteiger partial charge in [-0.1, -0.05) is 6.92 Å². The number of likely N-dealkylation sites (tertiary alicyclic amines) is 2. The molecule has 3 aliphatic rings. The van der Waals surface area contributed by atoms with E-state index in [1.807, 2.05) is 0 Å². The molecular weight excluding hydrogens is 208 g/mol. The third-order valence-corrected chi connectivity index (χ3v) is 5.27. The maximum atomic E-state index is 2.75. The lowest BCUT2D eigenvalue weighted by molar-refractivity contribution is 0.152. The summed E-state index contributed by atoms with van der Waals surface area (Å²) in [6.07, 6.45) is 5.89. The Bertz CT molecular complexity index is 254. The number of hydrogen-bond donors (Lipinski definition) is 0. The van der Waals surface area contributed by atoms with E-state index in [0.29, 0.717) is 0 Å². The van der Waals surface area contributed by atoms with Gasteiger partial charge in [-0.2, -0.15) is 0 Å². The first-order valence-electron chi connectivity index (χ1n) is 7.63. The first-order chi connectivity index (χ1) is 8.22. The molecule has 0 N–H and O–H groups in total. The summed E-state index contributed by atoms with van der Waals surface area (Å²) in [7, 11) is 2.31. The van der Waals surface area contributed by atoms with Crippen molar-refractivity contribution in [3.05, 3.63) is 0 Å². The molecule has 2 aliphatic heterocycles. The van der Waals surface area contributed by atoms with Crippen LogP contribution in [0, 0.1) is 23.7 Å². The molecule has 0 amide bonds. The molecule has 2 nitrogen and oxygen atoms in total. The van der Waals surface area contributed by atoms with Gasteiger partial charge in [0.1, 0.15) is 0 Å². The quantitative estimate of drug-likeness (QED) is 0.742. The van der Waals surface area contributed by atoms with Gasteiger partial charge < -0.3 is 9.80 Å². The van der Waals surface area contributed by atoms with E-state index in [4.69, 9.17) is 0 Å². The highest BCUT2D eigenvalue weighted by atomic mass is 15.2. The topological polar surface area (TPSA) is 6.48 Å². The van der Waals surface area contributed by atoms with Crippen LogP contribution in [0.5, 0.6) is 0 Å². The molecular formula is C15H28N2. The second-order valence-corrected chi connectivity index (χ2v) is 6.97. The van der Waals surface area contributed by atoms with Gasteiger partial charge in [-0.15, -0.1) is 0 Å². The van der Waals surface area contributed by atoms with E-state index in [9.17, 15) is 0 Å². The Labute approximate surface area is 106 Å². The van der Waals surface area contributed by atoms with Crippen LogP contribution in [0.2, 0.25) is 0 Å². The second kappa shape index (κ2) is 4.89. The van der Waals surface area contributed by atoms with Gasteiger partial charge in [-0.25, -0.2) is 0 Å². The lowest BCUT2D eigenvalue weighted by Gasteiger charge is -2.33. The fourth-order valence-corrected chi connectivity index (χ4v) is 3.95. The smallest absolute Gasteiger partial charge is 0.00251 e. The van der Waals surface area contributed by atoms with Crippen LogP contribution in [0.15, 0.2) is 0 Å². The van der Waals surface area contributed by atoms with Crippen molar-refractivity contribution in [1.29, 1.82) is 0 Å². The molecule has 98 valence electrons. The molecule has 2 heteroatoms. The summed E-state index contributed by atoms with van der Waals surface area (Å²) in [5, 5.41) is 0. The Morgan fingerprint density at radius 2 is 1.71 bits per heavy atom. The summed E-state index contributed by atoms with van der Waals surface area (Å²) >= 11 is 0. The predicted octanol–water partition coefficient (Wildman–Crippen LogP) is 2.31. The molecule has 2 atom stereocenters. The fourth-order valence-electron chi connectivity index (χ4n) is 3.95. The highest BCUT2D eigenvalue weighted by Crippen LogP contribution is 2.44. The number of nitrogens with zero attached hydrogens (tertiary/aromatic N) is 2. The van der Waals surface area contributed by atoms with Gasteiger partial charge in [0.2, 0.25) is 0 Å². The van der Waals surface area contributed by atoms with E-state index < -0.39 is 0 Å². The molecule has 0 radical (unpaired) electrons. The Kier molecular flexibility index (Phi) is 3.45. The standard InChI is InChI=1S/C15H28N2/c1-12-5-7-17(8-6-12)10-14-9-16(2)11-15(14)13-3-4-13/h12-15H,3-11H2,1-2H3. The van der Waals surface area contributed by atoms with Crippen molar-refractivity contribution >= 4 is 0 Å². The summed E-state index contributed by atoms with van der Waals surface area (Å²) < 4.78 is 0. The minimum atomic E-state index is 0.969. The molecule has 2 heterocycles. The van der Waals surface area contributed by atoms with Crippen molar-refractivity contribution in [3.8, 4) is 0 Å². The van der Waals surface area contributed by atoms with Crippen molar-refractivity contribution in [2.75, 3.05) is 39.8 Å². The zero-order valence-electron chi connectivity index (χ0n) is 11.6. The van der Waals surface area contributed by atoms with Crippen LogP contribution in [0.1, 0.15) is 32.6 Å². The first-order valence-corrected chi connectivity index (χ1v) is 7.63. The molecule has 0 spiro atoms. The van der Waals surface area contributed by atoms with Crippen molar-refractivity contribution < 1.29 is 0 Å². The molecule has 2 saturated heterocycles. The zero-order chi connectivity index (χ0) is 11.8. The first kappa shape index (κ1) is 12.0. The minimum absolute atomic E-state index is 0.969. The average molecular weight is 236 g/mol. The summed E-state index contributed by atoms with van der Waals surface area (Å²) in [6.45, 7) is 9.25. The van der Waals surface area contributed by atoms with E-state index in [1.165, 1.54) is 58.4 Å². The van der Waals surface area contributed by atoms with Gasteiger partial charge >= 0.3 is 0 Å². The van der Waals surface area contributed by atoms with Crippen molar-refractivity contribution in [1.82, 2.24) is 9.80 Å². The van der Waals surface area contributed by atoms with Gasteiger partial charge in [0, 0.05) is 19.6 Å². The monoisotopic (exact) mass is 236 g/mol. The molecule has 3 fully saturated rings. The summed E-state index contributed by atoms with van der Waals surface area (Å²) in [5.74, 6) is 4.06. The number of rotatable bonds is 3. The van der Waals surface area contributed by atoms with Crippen molar-refractivity contribution in [3.63, 3.8) is 0 Å². The van der Waals surface area contributed by atoms with Crippen LogP contribution in [0.4, 0.5) is 0 Å². The molecule has 3 rings (SSSR count). The molecule has 17 heavy (non-hydrogen) atoms. The highest BCUT2D eigenvalue weighted by molar-refractivity contribution is 4.93. The molecule has 2 unspecified atom stereocenters. The van der Waals surface area contributed by atoms with Crippen LogP contribution in [0.3, 0.4) is 0 Å². The lowest BCUT2D eigenvalue weighted by Crippen LogP contribution is -2.38. The van der Waals surface area contributed by atoms with E-state index in [-0.39, 0.29) is 0 Å². The van der Waals surface area contributed by atoms with Crippen LogP contribution >= 0.6 is 0 Å². The largest absolute Gasteiger partial charge is 0.306 e. The Morgan fingerprint density at radius 1 is 1.00 bits per heavy atom. The summed E-state index contributed by atoms with van der Waals surface area (Å²) in [4.78, 5) is 5.32. The molecule has 0 bridgehead atoms. The number of piperidine rings is 1. The third kappa shape index (κ3) is 2.85. The van der Waals surface area contributed by atoms with Crippen LogP contribution in [-0.4, -0.2) is 49.6 Å². The Morgan fingerprint density at radius 3 is 2.35 bits per heavy atom. The van der Waals surface area contributed by atoms with E-state index >= 15 is 0 Å². The van der Waals surface area contributed by atoms with Crippen LogP contribution < -0.4 is 0 Å². The van der Waals surface area contributed by atoms with Gasteiger partial charge in [0.05, 0.1) is 0 Å². The normalized spacial score (nSPS) is 37.8. The number of hydrogen-bond acceptors (Lipinski definition) is 2. The van der Waals surface area contributed by atoms with Crippen LogP contribution in [0.25, 0.3) is 0 Å². The fraction of sp³-hybridized carbons (Fsp3) is 1.00. The van der Waals surface area contributed by atoms with Gasteiger partial charge in [-0.05, 0) is 69.5 Å². The maximum absolute atomic E-state index is 2.75. The average Bonchev–Trinajstić information content (AvgIpc) is 3.07. The second-order valence-electron chi connectivity index (χ2n) is 6.97. The lowest BCUT2D eigenvalue weighted by atomic mass is 9.90. The zero-order valence-corrected chi connectivity index (χ0v) is 11.6. The summed E-state index contributed by atoms with van der Waals surface area (Å²) in [5.41, 5.74) is 0. The SMILES string of the molecule is CC1CCN(CC2CN(C)CC2C2CC2)CC1. The van der Waals surface area contributed by atoms with Gasteiger partial charge in [-0.3, -0.25) is 0 Å². The van der Waals surface area contributed by atoms with E-state index in [2.05, 4.69) is 23.8 Å². The van der Waals surface area contributed by atoms with E-state index in [1.54, 1.807) is 0 Å². The van der Waals surface area contributed by atoms with Crippen LogP contribution in [-0.2, 0) is 0 Å². The molecule has 0 aromatic rings. The van der Waals surface area contributed by atoms with E-state index in [0.717, 1.165) is 23.7 Å². The van der Waals surface area contributed by atoms with Crippen molar-refractivity contribution in [2.24, 2.45) is 23.7 Å². The molecule has 1 saturated carbocycles.